The first-order valence-electron chi connectivity index (χ1n) is 5.56. The molecule has 0 saturated heterocycles. The summed E-state index contributed by atoms with van der Waals surface area (Å²) in [5.74, 6) is 0.960. The van der Waals surface area contributed by atoms with Gasteiger partial charge in [-0.2, -0.15) is 5.10 Å². The van der Waals surface area contributed by atoms with Crippen LogP contribution < -0.4 is 5.32 Å². The number of rotatable bonds is 5. The van der Waals surface area contributed by atoms with Crippen molar-refractivity contribution in [2.45, 2.75) is 33.0 Å². The lowest BCUT2D eigenvalue weighted by atomic mass is 10.3. The quantitative estimate of drug-likeness (QED) is 0.909. The Morgan fingerprint density at radius 1 is 1.53 bits per heavy atom. The van der Waals surface area contributed by atoms with E-state index in [4.69, 9.17) is 11.6 Å². The molecule has 0 spiro atoms. The number of thiophene rings is 1. The molecule has 17 heavy (non-hydrogen) atoms. The third kappa shape index (κ3) is 3.06. The Morgan fingerprint density at radius 2 is 2.35 bits per heavy atom. The molecule has 1 atom stereocenters. The van der Waals surface area contributed by atoms with Crippen molar-refractivity contribution < 1.29 is 0 Å². The number of aryl methyl sites for hydroxylation is 1. The van der Waals surface area contributed by atoms with Gasteiger partial charge in [-0.05, 0) is 26.0 Å². The molecule has 2 heterocycles. The highest BCUT2D eigenvalue weighted by molar-refractivity contribution is 7.16. The fourth-order valence-corrected chi connectivity index (χ4v) is 2.68. The van der Waals surface area contributed by atoms with Gasteiger partial charge in [0.1, 0.15) is 12.2 Å². The van der Waals surface area contributed by atoms with Gasteiger partial charge in [0.25, 0.3) is 0 Å². The van der Waals surface area contributed by atoms with Crippen molar-refractivity contribution in [2.75, 3.05) is 0 Å². The molecule has 0 amide bonds. The van der Waals surface area contributed by atoms with E-state index in [1.54, 1.807) is 17.7 Å². The Morgan fingerprint density at radius 3 is 3.00 bits per heavy atom. The maximum absolute atomic E-state index is 5.92. The maximum atomic E-state index is 5.92. The zero-order valence-electron chi connectivity index (χ0n) is 9.85. The van der Waals surface area contributed by atoms with E-state index in [1.807, 2.05) is 10.7 Å². The molecular weight excluding hydrogens is 256 g/mol. The summed E-state index contributed by atoms with van der Waals surface area (Å²) < 4.78 is 2.71. The number of hydrogen-bond donors (Lipinski definition) is 1. The summed E-state index contributed by atoms with van der Waals surface area (Å²) in [6.07, 6.45) is 1.59. The number of hydrogen-bond acceptors (Lipinski definition) is 4. The third-order valence-electron chi connectivity index (χ3n) is 2.58. The molecule has 0 aliphatic rings. The van der Waals surface area contributed by atoms with Gasteiger partial charge in [-0.25, -0.2) is 9.67 Å². The second kappa shape index (κ2) is 5.62. The molecule has 2 aromatic heterocycles. The van der Waals surface area contributed by atoms with Crippen LogP contribution in [0.5, 0.6) is 0 Å². The van der Waals surface area contributed by atoms with E-state index in [-0.39, 0.29) is 6.04 Å². The molecule has 0 bridgehead atoms. The molecule has 0 aliphatic heterocycles. The van der Waals surface area contributed by atoms with Crippen LogP contribution in [0.25, 0.3) is 0 Å². The minimum absolute atomic E-state index is 0.273. The monoisotopic (exact) mass is 270 g/mol. The maximum Gasteiger partial charge on any atom is 0.140 e. The van der Waals surface area contributed by atoms with E-state index in [9.17, 15) is 0 Å². The van der Waals surface area contributed by atoms with Crippen LogP contribution in [0.4, 0.5) is 0 Å². The fourth-order valence-electron chi connectivity index (χ4n) is 1.60. The smallest absolute Gasteiger partial charge is 0.140 e. The average molecular weight is 271 g/mol. The van der Waals surface area contributed by atoms with Crippen LogP contribution in [-0.4, -0.2) is 14.8 Å². The summed E-state index contributed by atoms with van der Waals surface area (Å²) in [5.41, 5.74) is 0. The van der Waals surface area contributed by atoms with Gasteiger partial charge < -0.3 is 5.32 Å². The van der Waals surface area contributed by atoms with Gasteiger partial charge >= 0.3 is 0 Å². The van der Waals surface area contributed by atoms with Crippen LogP contribution >= 0.6 is 22.9 Å². The van der Waals surface area contributed by atoms with Crippen molar-refractivity contribution in [3.8, 4) is 0 Å². The molecule has 2 rings (SSSR count). The van der Waals surface area contributed by atoms with E-state index in [0.29, 0.717) is 6.54 Å². The molecule has 0 fully saturated rings. The lowest BCUT2D eigenvalue weighted by molar-refractivity contribution is 0.528. The van der Waals surface area contributed by atoms with Gasteiger partial charge in [0.15, 0.2) is 0 Å². The highest BCUT2D eigenvalue weighted by atomic mass is 35.5. The highest BCUT2D eigenvalue weighted by Gasteiger charge is 2.09. The molecule has 0 aromatic carbocycles. The lowest BCUT2D eigenvalue weighted by Crippen LogP contribution is -2.20. The van der Waals surface area contributed by atoms with Crippen LogP contribution in [0, 0.1) is 0 Å². The standard InChI is InChI=1S/C11H15ClN4S/c1-3-16-11(14-7-15-16)6-13-8(2)9-4-5-10(12)17-9/h4-5,7-8,13H,3,6H2,1-2H3. The van der Waals surface area contributed by atoms with Crippen LogP contribution in [0.1, 0.15) is 30.6 Å². The van der Waals surface area contributed by atoms with E-state index in [2.05, 4.69) is 35.3 Å². The summed E-state index contributed by atoms with van der Waals surface area (Å²) in [7, 11) is 0. The normalized spacial score (nSPS) is 12.9. The van der Waals surface area contributed by atoms with Crippen molar-refractivity contribution in [1.82, 2.24) is 20.1 Å². The van der Waals surface area contributed by atoms with Gasteiger partial charge in [0.2, 0.25) is 0 Å². The predicted molar refractivity (Wildman–Crippen MR) is 70.3 cm³/mol. The van der Waals surface area contributed by atoms with Gasteiger partial charge in [-0.3, -0.25) is 0 Å². The van der Waals surface area contributed by atoms with Crippen molar-refractivity contribution >= 4 is 22.9 Å². The van der Waals surface area contributed by atoms with Gasteiger partial charge in [-0.1, -0.05) is 11.6 Å². The third-order valence-corrected chi connectivity index (χ3v) is 4.00. The first-order valence-corrected chi connectivity index (χ1v) is 6.75. The summed E-state index contributed by atoms with van der Waals surface area (Å²) in [6, 6.07) is 4.25. The molecule has 92 valence electrons. The molecule has 0 radical (unpaired) electrons. The topological polar surface area (TPSA) is 42.7 Å². The molecule has 1 N–H and O–H groups in total. The number of aromatic nitrogens is 3. The number of nitrogens with one attached hydrogen (secondary N) is 1. The second-order valence-corrected chi connectivity index (χ2v) is 5.48. The lowest BCUT2D eigenvalue weighted by Gasteiger charge is -2.11. The van der Waals surface area contributed by atoms with Crippen molar-refractivity contribution in [2.24, 2.45) is 0 Å². The summed E-state index contributed by atoms with van der Waals surface area (Å²) in [4.78, 5) is 5.46. The minimum Gasteiger partial charge on any atom is -0.302 e. The number of nitrogens with zero attached hydrogens (tertiary/aromatic N) is 3. The molecular formula is C11H15ClN4S. The van der Waals surface area contributed by atoms with Gasteiger partial charge in [0.05, 0.1) is 10.9 Å². The Bertz CT molecular complexity index is 479. The van der Waals surface area contributed by atoms with Crippen LogP contribution in [0.2, 0.25) is 4.34 Å². The van der Waals surface area contributed by atoms with E-state index >= 15 is 0 Å². The van der Waals surface area contributed by atoms with Crippen molar-refractivity contribution in [3.63, 3.8) is 0 Å². The van der Waals surface area contributed by atoms with Crippen LogP contribution in [0.3, 0.4) is 0 Å². The molecule has 2 aromatic rings. The fraction of sp³-hybridized carbons (Fsp3) is 0.455. The van der Waals surface area contributed by atoms with Crippen molar-refractivity contribution in [1.29, 1.82) is 0 Å². The first-order chi connectivity index (χ1) is 8.20. The SMILES string of the molecule is CCn1ncnc1CNC(C)c1ccc(Cl)s1. The minimum atomic E-state index is 0.273. The largest absolute Gasteiger partial charge is 0.302 e. The Balaban J connectivity index is 1.94. The van der Waals surface area contributed by atoms with Gasteiger partial charge in [-0.15, -0.1) is 11.3 Å². The molecule has 1 unspecified atom stereocenters. The van der Waals surface area contributed by atoms with E-state index < -0.39 is 0 Å². The summed E-state index contributed by atoms with van der Waals surface area (Å²) in [5, 5.41) is 7.55. The van der Waals surface area contributed by atoms with Crippen LogP contribution in [-0.2, 0) is 13.1 Å². The zero-order valence-corrected chi connectivity index (χ0v) is 11.4. The molecule has 4 nitrogen and oxygen atoms in total. The molecule has 0 saturated carbocycles. The van der Waals surface area contributed by atoms with Crippen molar-refractivity contribution in [3.05, 3.63) is 33.5 Å². The first kappa shape index (κ1) is 12.5. The Hall–Kier alpha value is -0.910. The summed E-state index contributed by atoms with van der Waals surface area (Å²) in [6.45, 7) is 5.73. The Labute approximate surface area is 110 Å². The van der Waals surface area contributed by atoms with E-state index in [0.717, 1.165) is 16.7 Å². The molecule has 0 aliphatic carbocycles. The predicted octanol–water partition coefficient (Wildman–Crippen LogP) is 2.86. The Kier molecular flexibility index (Phi) is 4.15. The van der Waals surface area contributed by atoms with E-state index in [1.165, 1.54) is 4.88 Å². The number of halogens is 1. The van der Waals surface area contributed by atoms with Gasteiger partial charge in [0, 0.05) is 17.5 Å². The second-order valence-electron chi connectivity index (χ2n) is 3.74. The summed E-state index contributed by atoms with van der Waals surface area (Å²) >= 11 is 7.52. The average Bonchev–Trinajstić information content (AvgIpc) is 2.94. The molecule has 6 heteroatoms. The zero-order chi connectivity index (χ0) is 12.3. The van der Waals surface area contributed by atoms with Crippen LogP contribution in [0.15, 0.2) is 18.5 Å². The highest BCUT2D eigenvalue weighted by Crippen LogP contribution is 2.26.